The zero-order valence-electron chi connectivity index (χ0n) is 16.6. The Morgan fingerprint density at radius 2 is 1.81 bits per heavy atom. The van der Waals surface area contributed by atoms with Crippen LogP contribution in [0.25, 0.3) is 0 Å². The molecule has 0 radical (unpaired) electrons. The van der Waals surface area contributed by atoms with Gasteiger partial charge in [-0.15, -0.1) is 6.42 Å². The number of aliphatic hydroxyl groups is 1. The topological polar surface area (TPSA) is 55.8 Å². The van der Waals surface area contributed by atoms with E-state index in [4.69, 9.17) is 15.9 Å². The molecule has 4 saturated carbocycles. The van der Waals surface area contributed by atoms with Gasteiger partial charge in [0.25, 0.3) is 0 Å². The number of carbonyl (C=O) groups excluding carboxylic acids is 1. The van der Waals surface area contributed by atoms with E-state index < -0.39 is 11.4 Å². The molecule has 1 heterocycles. The van der Waals surface area contributed by atoms with Gasteiger partial charge in [-0.05, 0) is 61.7 Å². The second kappa shape index (κ2) is 5.59. The minimum absolute atomic E-state index is 0.140. The molecule has 7 unspecified atom stereocenters. The molecule has 27 heavy (non-hydrogen) atoms. The minimum atomic E-state index is -0.997. The summed E-state index contributed by atoms with van der Waals surface area (Å²) in [7, 11) is 0. The van der Waals surface area contributed by atoms with Gasteiger partial charge in [-0.3, -0.25) is 4.79 Å². The molecule has 5 rings (SSSR count). The first-order valence-electron chi connectivity index (χ1n) is 10.8. The van der Waals surface area contributed by atoms with Crippen molar-refractivity contribution in [1.82, 2.24) is 0 Å². The molecular formula is C23H32O4. The number of Topliss-reactive ketones (excluding diaryl/α,β-unsaturated/α-hetero) is 1. The highest BCUT2D eigenvalue weighted by atomic mass is 16.7. The van der Waals surface area contributed by atoms with Crippen LogP contribution < -0.4 is 0 Å². The highest BCUT2D eigenvalue weighted by Crippen LogP contribution is 2.69. The number of carbonyl (C=O) groups is 1. The van der Waals surface area contributed by atoms with E-state index in [0.717, 1.165) is 32.1 Å². The predicted molar refractivity (Wildman–Crippen MR) is 101 cm³/mol. The molecule has 0 amide bonds. The Morgan fingerprint density at radius 1 is 1.07 bits per heavy atom. The number of ether oxygens (including phenoxy) is 2. The summed E-state index contributed by atoms with van der Waals surface area (Å²) in [5.74, 6) is 3.92. The molecule has 7 atom stereocenters. The van der Waals surface area contributed by atoms with E-state index in [0.29, 0.717) is 56.0 Å². The third kappa shape index (κ3) is 2.26. The molecule has 0 bridgehead atoms. The highest BCUT2D eigenvalue weighted by Gasteiger charge is 2.69. The second-order valence-electron chi connectivity index (χ2n) is 10.5. The van der Waals surface area contributed by atoms with Crippen LogP contribution >= 0.6 is 0 Å². The molecule has 1 saturated heterocycles. The Bertz CT molecular complexity index is 704. The lowest BCUT2D eigenvalue weighted by atomic mass is 9.43. The van der Waals surface area contributed by atoms with Crippen molar-refractivity contribution in [3.05, 3.63) is 0 Å². The third-order valence-electron chi connectivity index (χ3n) is 9.50. The van der Waals surface area contributed by atoms with Crippen LogP contribution in [0.4, 0.5) is 0 Å². The van der Waals surface area contributed by atoms with Crippen LogP contribution in [-0.2, 0) is 14.3 Å². The Labute approximate surface area is 162 Å². The van der Waals surface area contributed by atoms with Gasteiger partial charge in [0.2, 0.25) is 0 Å². The second-order valence-corrected chi connectivity index (χ2v) is 10.5. The van der Waals surface area contributed by atoms with Crippen molar-refractivity contribution in [1.29, 1.82) is 0 Å². The SMILES string of the molecule is C#CC1(O)CCC2(C)C(C1)CC1(OCCO1)C1C3CCC(=O)C3(C)CCC12. The normalized spacial score (nSPS) is 53.5. The van der Waals surface area contributed by atoms with Crippen LogP contribution in [0.3, 0.4) is 0 Å². The Balaban J connectivity index is 1.58. The lowest BCUT2D eigenvalue weighted by molar-refractivity contribution is -0.299. The van der Waals surface area contributed by atoms with Gasteiger partial charge >= 0.3 is 0 Å². The van der Waals surface area contributed by atoms with Crippen molar-refractivity contribution in [2.75, 3.05) is 13.2 Å². The zero-order valence-corrected chi connectivity index (χ0v) is 16.6. The largest absolute Gasteiger partial charge is 0.378 e. The van der Waals surface area contributed by atoms with Gasteiger partial charge in [-0.1, -0.05) is 19.8 Å². The molecule has 5 fully saturated rings. The van der Waals surface area contributed by atoms with Crippen LogP contribution in [0.2, 0.25) is 0 Å². The average Bonchev–Trinajstić information content (AvgIpc) is 3.23. The monoisotopic (exact) mass is 372 g/mol. The summed E-state index contributed by atoms with van der Waals surface area (Å²) in [6.45, 7) is 5.86. The quantitative estimate of drug-likeness (QED) is 0.663. The van der Waals surface area contributed by atoms with Gasteiger partial charge in [-0.2, -0.15) is 0 Å². The van der Waals surface area contributed by atoms with E-state index in [1.54, 1.807) is 0 Å². The standard InChI is InChI=1S/C23H32O4/c1-4-22(25)10-9-20(2)15(13-22)14-23(26-11-12-27-23)19-16-5-6-18(24)21(16,3)8-7-17(19)20/h1,15-17,19,25H,5-14H2,2-3H3. The maximum Gasteiger partial charge on any atom is 0.172 e. The summed E-state index contributed by atoms with van der Waals surface area (Å²) >= 11 is 0. The van der Waals surface area contributed by atoms with Crippen molar-refractivity contribution in [3.63, 3.8) is 0 Å². The molecule has 0 aromatic heterocycles. The van der Waals surface area contributed by atoms with Gasteiger partial charge in [0.15, 0.2) is 5.79 Å². The number of fused-ring (bicyclic) bond motifs is 6. The molecule has 148 valence electrons. The van der Waals surface area contributed by atoms with Crippen molar-refractivity contribution >= 4 is 5.78 Å². The maximum atomic E-state index is 12.8. The summed E-state index contributed by atoms with van der Waals surface area (Å²) in [5, 5.41) is 10.8. The number of hydrogen-bond acceptors (Lipinski definition) is 4. The Kier molecular flexibility index (Phi) is 3.76. The van der Waals surface area contributed by atoms with E-state index in [1.807, 2.05) is 0 Å². The fourth-order valence-electron chi connectivity index (χ4n) is 7.87. The Hall–Kier alpha value is -0.890. The van der Waals surface area contributed by atoms with Gasteiger partial charge in [0.05, 0.1) is 13.2 Å². The number of rotatable bonds is 0. The first-order chi connectivity index (χ1) is 12.8. The summed E-state index contributed by atoms with van der Waals surface area (Å²) in [6, 6.07) is 0. The molecule has 1 N–H and O–H groups in total. The summed E-state index contributed by atoms with van der Waals surface area (Å²) in [5.41, 5.74) is -1.06. The van der Waals surface area contributed by atoms with Crippen molar-refractivity contribution in [2.24, 2.45) is 34.5 Å². The minimum Gasteiger partial charge on any atom is -0.378 e. The lowest BCUT2D eigenvalue weighted by Gasteiger charge is -2.64. The van der Waals surface area contributed by atoms with E-state index in [1.165, 1.54) is 0 Å². The van der Waals surface area contributed by atoms with Crippen LogP contribution in [0.15, 0.2) is 0 Å². The fraction of sp³-hybridized carbons (Fsp3) is 0.870. The third-order valence-corrected chi connectivity index (χ3v) is 9.50. The van der Waals surface area contributed by atoms with E-state index >= 15 is 0 Å². The predicted octanol–water partition coefficient (Wildman–Crippen LogP) is 3.32. The van der Waals surface area contributed by atoms with Crippen molar-refractivity contribution in [3.8, 4) is 12.3 Å². The van der Waals surface area contributed by atoms with Gasteiger partial charge in [-0.25, -0.2) is 0 Å². The van der Waals surface area contributed by atoms with Crippen molar-refractivity contribution < 1.29 is 19.4 Å². The fourth-order valence-corrected chi connectivity index (χ4v) is 7.87. The first kappa shape index (κ1) is 18.2. The van der Waals surface area contributed by atoms with Gasteiger partial charge in [0, 0.05) is 24.2 Å². The van der Waals surface area contributed by atoms with Crippen molar-refractivity contribution in [2.45, 2.75) is 76.6 Å². The molecule has 0 aromatic rings. The molecular weight excluding hydrogens is 340 g/mol. The number of ketones is 1. The van der Waals surface area contributed by atoms with Crippen LogP contribution in [-0.4, -0.2) is 35.5 Å². The maximum absolute atomic E-state index is 12.8. The number of hydrogen-bond donors (Lipinski definition) is 1. The van der Waals surface area contributed by atoms with Gasteiger partial charge in [0.1, 0.15) is 11.4 Å². The molecule has 5 aliphatic rings. The molecule has 4 aliphatic carbocycles. The Morgan fingerprint density at radius 3 is 2.52 bits per heavy atom. The number of terminal acetylenes is 1. The van der Waals surface area contributed by atoms with Crippen LogP contribution in [0.1, 0.15) is 65.2 Å². The smallest absolute Gasteiger partial charge is 0.172 e. The van der Waals surface area contributed by atoms with E-state index in [-0.39, 0.29) is 16.7 Å². The van der Waals surface area contributed by atoms with E-state index in [9.17, 15) is 9.90 Å². The van der Waals surface area contributed by atoms with Crippen LogP contribution in [0.5, 0.6) is 0 Å². The highest BCUT2D eigenvalue weighted by molar-refractivity contribution is 5.87. The van der Waals surface area contributed by atoms with Gasteiger partial charge < -0.3 is 14.6 Å². The lowest BCUT2D eigenvalue weighted by Crippen LogP contribution is -2.64. The molecule has 1 spiro atoms. The first-order valence-corrected chi connectivity index (χ1v) is 10.8. The molecule has 0 aromatic carbocycles. The zero-order chi connectivity index (χ0) is 19.1. The molecule has 4 nitrogen and oxygen atoms in total. The average molecular weight is 373 g/mol. The summed E-state index contributed by atoms with van der Waals surface area (Å²) in [4.78, 5) is 12.8. The summed E-state index contributed by atoms with van der Waals surface area (Å²) in [6.07, 6.45) is 12.5. The van der Waals surface area contributed by atoms with Crippen LogP contribution in [0, 0.1) is 46.8 Å². The molecule has 4 heteroatoms. The molecule has 1 aliphatic heterocycles. The summed E-state index contributed by atoms with van der Waals surface area (Å²) < 4.78 is 12.7. The van der Waals surface area contributed by atoms with E-state index in [2.05, 4.69) is 19.8 Å².